The maximum absolute atomic E-state index is 12.1. The molecule has 0 aromatic heterocycles. The highest BCUT2D eigenvalue weighted by Crippen LogP contribution is 2.35. The Morgan fingerprint density at radius 1 is 1.20 bits per heavy atom. The fraction of sp³-hybridized carbons (Fsp3) is 0.562. The van der Waals surface area contributed by atoms with Gasteiger partial charge in [-0.25, -0.2) is 0 Å². The Morgan fingerprint density at radius 2 is 1.90 bits per heavy atom. The summed E-state index contributed by atoms with van der Waals surface area (Å²) in [6.07, 6.45) is 3.61. The molecule has 0 atom stereocenters. The van der Waals surface area contributed by atoms with Crippen LogP contribution in [-0.2, 0) is 17.8 Å². The molecule has 4 heteroatoms. The second-order valence-corrected chi connectivity index (χ2v) is 5.43. The molecular weight excluding hydrogens is 254 g/mol. The van der Waals surface area contributed by atoms with Crippen LogP contribution in [0.2, 0.25) is 0 Å². The summed E-state index contributed by atoms with van der Waals surface area (Å²) in [6.45, 7) is 4.85. The number of nitrogens with zero attached hydrogens (tertiary/aromatic N) is 1. The van der Waals surface area contributed by atoms with Gasteiger partial charge in [0, 0.05) is 19.5 Å². The van der Waals surface area contributed by atoms with Gasteiger partial charge >= 0.3 is 0 Å². The highest BCUT2D eigenvalue weighted by atomic mass is 16.6. The third kappa shape index (κ3) is 2.60. The summed E-state index contributed by atoms with van der Waals surface area (Å²) in [6, 6.07) is 4.13. The van der Waals surface area contributed by atoms with E-state index in [1.165, 1.54) is 11.1 Å². The van der Waals surface area contributed by atoms with E-state index in [9.17, 15) is 4.79 Å². The largest absolute Gasteiger partial charge is 0.486 e. The van der Waals surface area contributed by atoms with Gasteiger partial charge < -0.3 is 14.4 Å². The minimum Gasteiger partial charge on any atom is -0.486 e. The summed E-state index contributed by atoms with van der Waals surface area (Å²) in [7, 11) is 0. The van der Waals surface area contributed by atoms with E-state index >= 15 is 0 Å². The zero-order chi connectivity index (χ0) is 13.9. The van der Waals surface area contributed by atoms with Gasteiger partial charge in [-0.3, -0.25) is 4.79 Å². The molecule has 0 radical (unpaired) electrons. The molecule has 0 bridgehead atoms. The molecule has 0 saturated carbocycles. The average molecular weight is 275 g/mol. The van der Waals surface area contributed by atoms with E-state index in [0.29, 0.717) is 26.2 Å². The first-order valence-electron chi connectivity index (χ1n) is 7.47. The normalized spacial score (nSPS) is 16.8. The van der Waals surface area contributed by atoms with Crippen molar-refractivity contribution in [2.45, 2.75) is 39.2 Å². The Morgan fingerprint density at radius 3 is 2.60 bits per heavy atom. The number of benzene rings is 1. The number of unbranched alkanes of at least 4 members (excludes halogenated alkanes) is 1. The number of carbonyl (C=O) groups excluding carboxylic acids is 1. The molecule has 1 amide bonds. The monoisotopic (exact) mass is 275 g/mol. The SMILES string of the molecule is CCCCC(=O)N1CCc2cc3c(cc2C1)OCCO3. The number of fused-ring (bicyclic) bond motifs is 2. The highest BCUT2D eigenvalue weighted by molar-refractivity contribution is 5.76. The topological polar surface area (TPSA) is 38.8 Å². The standard InChI is InChI=1S/C16H21NO3/c1-2-3-4-16(18)17-6-5-12-9-14-15(10-13(12)11-17)20-8-7-19-14/h9-10H,2-8,11H2,1H3. The van der Waals surface area contributed by atoms with Crippen LogP contribution in [0.15, 0.2) is 12.1 Å². The molecule has 0 fully saturated rings. The molecule has 2 heterocycles. The first-order chi connectivity index (χ1) is 9.78. The van der Waals surface area contributed by atoms with Gasteiger partial charge in [0.2, 0.25) is 5.91 Å². The fourth-order valence-electron chi connectivity index (χ4n) is 2.79. The third-order valence-corrected chi connectivity index (χ3v) is 3.97. The van der Waals surface area contributed by atoms with Crippen molar-refractivity contribution in [2.24, 2.45) is 0 Å². The molecule has 108 valence electrons. The molecular formula is C16H21NO3. The minimum absolute atomic E-state index is 0.271. The Kier molecular flexibility index (Phi) is 3.81. The van der Waals surface area contributed by atoms with Gasteiger partial charge in [-0.1, -0.05) is 13.3 Å². The third-order valence-electron chi connectivity index (χ3n) is 3.97. The second kappa shape index (κ2) is 5.73. The van der Waals surface area contributed by atoms with Crippen molar-refractivity contribution in [1.82, 2.24) is 4.90 Å². The Hall–Kier alpha value is -1.71. The number of hydrogen-bond acceptors (Lipinski definition) is 3. The summed E-state index contributed by atoms with van der Waals surface area (Å²) in [5.74, 6) is 1.94. The lowest BCUT2D eigenvalue weighted by atomic mass is 9.98. The number of carbonyl (C=O) groups is 1. The molecule has 0 spiro atoms. The number of ether oxygens (including phenoxy) is 2. The number of amides is 1. The molecule has 0 N–H and O–H groups in total. The number of rotatable bonds is 3. The van der Waals surface area contributed by atoms with Crippen molar-refractivity contribution in [1.29, 1.82) is 0 Å². The first-order valence-corrected chi connectivity index (χ1v) is 7.47. The molecule has 2 aliphatic rings. The van der Waals surface area contributed by atoms with Crippen LogP contribution in [0.25, 0.3) is 0 Å². The van der Waals surface area contributed by atoms with Gasteiger partial charge in [-0.15, -0.1) is 0 Å². The van der Waals surface area contributed by atoms with Crippen molar-refractivity contribution in [3.8, 4) is 11.5 Å². The van der Waals surface area contributed by atoms with Crippen molar-refractivity contribution in [3.05, 3.63) is 23.3 Å². The van der Waals surface area contributed by atoms with Crippen molar-refractivity contribution >= 4 is 5.91 Å². The van der Waals surface area contributed by atoms with Crippen LogP contribution in [0.5, 0.6) is 11.5 Å². The first kappa shape index (κ1) is 13.3. The van der Waals surface area contributed by atoms with Gasteiger partial charge in [-0.05, 0) is 36.1 Å². The van der Waals surface area contributed by atoms with Crippen LogP contribution >= 0.6 is 0 Å². The van der Waals surface area contributed by atoms with E-state index in [2.05, 4.69) is 13.0 Å². The summed E-state index contributed by atoms with van der Waals surface area (Å²) >= 11 is 0. The predicted molar refractivity (Wildman–Crippen MR) is 76.1 cm³/mol. The summed E-state index contributed by atoms with van der Waals surface area (Å²) < 4.78 is 11.2. The molecule has 0 saturated heterocycles. The summed E-state index contributed by atoms with van der Waals surface area (Å²) in [5.41, 5.74) is 2.49. The molecule has 0 unspecified atom stereocenters. The van der Waals surface area contributed by atoms with Crippen LogP contribution in [-0.4, -0.2) is 30.6 Å². The van der Waals surface area contributed by atoms with Gasteiger partial charge in [0.15, 0.2) is 11.5 Å². The van der Waals surface area contributed by atoms with Crippen LogP contribution < -0.4 is 9.47 Å². The van der Waals surface area contributed by atoms with E-state index in [1.807, 2.05) is 11.0 Å². The molecule has 2 aliphatic heterocycles. The van der Waals surface area contributed by atoms with Crippen molar-refractivity contribution in [3.63, 3.8) is 0 Å². The summed E-state index contributed by atoms with van der Waals surface area (Å²) in [4.78, 5) is 14.1. The zero-order valence-electron chi connectivity index (χ0n) is 12.0. The molecule has 4 nitrogen and oxygen atoms in total. The Labute approximate surface area is 119 Å². The van der Waals surface area contributed by atoms with Gasteiger partial charge in [0.05, 0.1) is 0 Å². The maximum Gasteiger partial charge on any atom is 0.222 e. The van der Waals surface area contributed by atoms with Crippen LogP contribution in [0, 0.1) is 0 Å². The quantitative estimate of drug-likeness (QED) is 0.851. The number of hydrogen-bond donors (Lipinski definition) is 0. The molecule has 20 heavy (non-hydrogen) atoms. The Balaban J connectivity index is 1.75. The molecule has 1 aromatic rings. The van der Waals surface area contributed by atoms with Gasteiger partial charge in [0.25, 0.3) is 0 Å². The van der Waals surface area contributed by atoms with E-state index in [-0.39, 0.29) is 5.91 Å². The summed E-state index contributed by atoms with van der Waals surface area (Å²) in [5, 5.41) is 0. The van der Waals surface area contributed by atoms with Crippen molar-refractivity contribution in [2.75, 3.05) is 19.8 Å². The lowest BCUT2D eigenvalue weighted by molar-refractivity contribution is -0.132. The van der Waals surface area contributed by atoms with E-state index in [4.69, 9.17) is 9.47 Å². The lowest BCUT2D eigenvalue weighted by Gasteiger charge is -2.30. The molecule has 3 rings (SSSR count). The lowest BCUT2D eigenvalue weighted by Crippen LogP contribution is -2.36. The highest BCUT2D eigenvalue weighted by Gasteiger charge is 2.23. The molecule has 1 aromatic carbocycles. The fourth-order valence-corrected chi connectivity index (χ4v) is 2.79. The Bertz CT molecular complexity index is 513. The van der Waals surface area contributed by atoms with Gasteiger partial charge in [-0.2, -0.15) is 0 Å². The van der Waals surface area contributed by atoms with E-state index in [0.717, 1.165) is 37.3 Å². The van der Waals surface area contributed by atoms with E-state index < -0.39 is 0 Å². The van der Waals surface area contributed by atoms with Crippen LogP contribution in [0.1, 0.15) is 37.3 Å². The minimum atomic E-state index is 0.271. The van der Waals surface area contributed by atoms with Crippen LogP contribution in [0.4, 0.5) is 0 Å². The average Bonchev–Trinajstić information content (AvgIpc) is 2.50. The van der Waals surface area contributed by atoms with Crippen molar-refractivity contribution < 1.29 is 14.3 Å². The predicted octanol–water partition coefficient (Wildman–Crippen LogP) is 2.53. The van der Waals surface area contributed by atoms with Crippen LogP contribution in [0.3, 0.4) is 0 Å². The maximum atomic E-state index is 12.1. The smallest absolute Gasteiger partial charge is 0.222 e. The molecule has 0 aliphatic carbocycles. The van der Waals surface area contributed by atoms with Gasteiger partial charge in [0.1, 0.15) is 13.2 Å². The van der Waals surface area contributed by atoms with E-state index in [1.54, 1.807) is 0 Å². The zero-order valence-corrected chi connectivity index (χ0v) is 12.0. The second-order valence-electron chi connectivity index (χ2n) is 5.43.